The van der Waals surface area contributed by atoms with Gasteiger partial charge in [-0.3, -0.25) is 4.98 Å². The average molecular weight is 231 g/mol. The second kappa shape index (κ2) is 4.74. The second-order valence-electron chi connectivity index (χ2n) is 3.69. The maximum atomic E-state index is 13.2. The predicted molar refractivity (Wildman–Crippen MR) is 60.4 cm³/mol. The van der Waals surface area contributed by atoms with Crippen molar-refractivity contribution in [2.75, 3.05) is 0 Å². The Kier molecular flexibility index (Phi) is 3.14. The molecule has 0 aliphatic rings. The standard InChI is InChI=1S/C13H10FNO2/c14-12-6-10(5-11(7-12)13(16)17)4-9-2-1-3-15-8-9/h1-3,5-8H,4H2,(H,16,17). The van der Waals surface area contributed by atoms with Crippen molar-refractivity contribution in [1.29, 1.82) is 0 Å². The number of halogens is 1. The van der Waals surface area contributed by atoms with Crippen LogP contribution in [0.25, 0.3) is 0 Å². The molecule has 3 nitrogen and oxygen atoms in total. The van der Waals surface area contributed by atoms with Crippen LogP contribution in [0.3, 0.4) is 0 Å². The summed E-state index contributed by atoms with van der Waals surface area (Å²) in [5.41, 5.74) is 1.49. The lowest BCUT2D eigenvalue weighted by Crippen LogP contribution is -1.99. The summed E-state index contributed by atoms with van der Waals surface area (Å²) in [4.78, 5) is 14.7. The van der Waals surface area contributed by atoms with Crippen LogP contribution in [-0.4, -0.2) is 16.1 Å². The van der Waals surface area contributed by atoms with Gasteiger partial charge in [-0.15, -0.1) is 0 Å². The normalized spacial score (nSPS) is 10.2. The summed E-state index contributed by atoms with van der Waals surface area (Å²) in [5.74, 6) is -1.67. The molecule has 0 fully saturated rings. The number of nitrogens with zero attached hydrogens (tertiary/aromatic N) is 1. The van der Waals surface area contributed by atoms with Gasteiger partial charge in [0.1, 0.15) is 5.82 Å². The van der Waals surface area contributed by atoms with E-state index in [1.54, 1.807) is 18.5 Å². The van der Waals surface area contributed by atoms with Gasteiger partial charge in [-0.25, -0.2) is 9.18 Å². The van der Waals surface area contributed by atoms with Crippen molar-refractivity contribution in [2.45, 2.75) is 6.42 Å². The fourth-order valence-corrected chi connectivity index (χ4v) is 1.61. The lowest BCUT2D eigenvalue weighted by molar-refractivity contribution is 0.0696. The van der Waals surface area contributed by atoms with Crippen molar-refractivity contribution >= 4 is 5.97 Å². The summed E-state index contributed by atoms with van der Waals surface area (Å²) in [6.07, 6.45) is 3.79. The average Bonchev–Trinajstić information content (AvgIpc) is 2.29. The Morgan fingerprint density at radius 3 is 2.76 bits per heavy atom. The van der Waals surface area contributed by atoms with Gasteiger partial charge in [-0.1, -0.05) is 6.07 Å². The van der Waals surface area contributed by atoms with E-state index in [-0.39, 0.29) is 5.56 Å². The Morgan fingerprint density at radius 2 is 2.12 bits per heavy atom. The van der Waals surface area contributed by atoms with Gasteiger partial charge in [0, 0.05) is 12.4 Å². The largest absolute Gasteiger partial charge is 0.478 e. The number of benzene rings is 1. The van der Waals surface area contributed by atoms with Gasteiger partial charge in [0.05, 0.1) is 5.56 Å². The predicted octanol–water partition coefficient (Wildman–Crippen LogP) is 2.51. The highest BCUT2D eigenvalue weighted by molar-refractivity contribution is 5.87. The molecule has 86 valence electrons. The maximum Gasteiger partial charge on any atom is 0.335 e. The zero-order valence-electron chi connectivity index (χ0n) is 8.93. The molecule has 1 aromatic heterocycles. The van der Waals surface area contributed by atoms with E-state index in [2.05, 4.69) is 4.98 Å². The van der Waals surface area contributed by atoms with Gasteiger partial charge in [0.2, 0.25) is 0 Å². The minimum Gasteiger partial charge on any atom is -0.478 e. The highest BCUT2D eigenvalue weighted by atomic mass is 19.1. The van der Waals surface area contributed by atoms with Crippen LogP contribution < -0.4 is 0 Å². The quantitative estimate of drug-likeness (QED) is 0.882. The van der Waals surface area contributed by atoms with Crippen molar-refractivity contribution < 1.29 is 14.3 Å². The van der Waals surface area contributed by atoms with E-state index < -0.39 is 11.8 Å². The molecule has 0 spiro atoms. The van der Waals surface area contributed by atoms with Crippen LogP contribution >= 0.6 is 0 Å². The summed E-state index contributed by atoms with van der Waals surface area (Å²) in [6, 6.07) is 7.46. The van der Waals surface area contributed by atoms with Gasteiger partial charge in [0.15, 0.2) is 0 Å². The van der Waals surface area contributed by atoms with Crippen LogP contribution in [0.2, 0.25) is 0 Å². The number of carboxylic acids is 1. The van der Waals surface area contributed by atoms with E-state index in [9.17, 15) is 9.18 Å². The number of rotatable bonds is 3. The third-order valence-electron chi connectivity index (χ3n) is 2.34. The SMILES string of the molecule is O=C(O)c1cc(F)cc(Cc2cccnc2)c1. The highest BCUT2D eigenvalue weighted by Gasteiger charge is 2.07. The third kappa shape index (κ3) is 2.87. The molecular formula is C13H10FNO2. The molecule has 0 atom stereocenters. The van der Waals surface area contributed by atoms with E-state index in [0.29, 0.717) is 12.0 Å². The van der Waals surface area contributed by atoms with Crippen LogP contribution in [0.1, 0.15) is 21.5 Å². The molecule has 17 heavy (non-hydrogen) atoms. The Labute approximate surface area is 97.6 Å². The molecule has 1 N–H and O–H groups in total. The first kappa shape index (κ1) is 11.3. The van der Waals surface area contributed by atoms with E-state index in [4.69, 9.17) is 5.11 Å². The number of carboxylic acid groups (broad SMARTS) is 1. The Balaban J connectivity index is 2.30. The number of aromatic nitrogens is 1. The summed E-state index contributed by atoms with van der Waals surface area (Å²) in [7, 11) is 0. The number of hydrogen-bond donors (Lipinski definition) is 1. The third-order valence-corrected chi connectivity index (χ3v) is 2.34. The molecule has 2 aromatic rings. The maximum absolute atomic E-state index is 13.2. The van der Waals surface area contributed by atoms with Gasteiger partial charge < -0.3 is 5.11 Å². The minimum absolute atomic E-state index is 0.0381. The summed E-state index contributed by atoms with van der Waals surface area (Å²) in [5, 5.41) is 8.82. The molecule has 1 heterocycles. The number of hydrogen-bond acceptors (Lipinski definition) is 2. The fraction of sp³-hybridized carbons (Fsp3) is 0.0769. The van der Waals surface area contributed by atoms with Gasteiger partial charge in [-0.05, 0) is 41.8 Å². The molecule has 0 aliphatic carbocycles. The van der Waals surface area contributed by atoms with Crippen LogP contribution in [-0.2, 0) is 6.42 Å². The molecule has 0 saturated carbocycles. The number of carbonyl (C=O) groups is 1. The van der Waals surface area contributed by atoms with E-state index >= 15 is 0 Å². The molecule has 0 aliphatic heterocycles. The van der Waals surface area contributed by atoms with Crippen molar-refractivity contribution in [3.63, 3.8) is 0 Å². The lowest BCUT2D eigenvalue weighted by atomic mass is 10.0. The van der Waals surface area contributed by atoms with E-state index in [0.717, 1.165) is 11.6 Å². The molecule has 2 rings (SSSR count). The van der Waals surface area contributed by atoms with Gasteiger partial charge >= 0.3 is 5.97 Å². The molecule has 0 bridgehead atoms. The molecule has 0 unspecified atom stereocenters. The Hall–Kier alpha value is -2.23. The van der Waals surface area contributed by atoms with Crippen LogP contribution in [0, 0.1) is 5.82 Å². The second-order valence-corrected chi connectivity index (χ2v) is 3.69. The lowest BCUT2D eigenvalue weighted by Gasteiger charge is -2.03. The first-order chi connectivity index (χ1) is 8.15. The van der Waals surface area contributed by atoms with Crippen LogP contribution in [0.15, 0.2) is 42.7 Å². The van der Waals surface area contributed by atoms with E-state index in [1.807, 2.05) is 6.07 Å². The Bertz CT molecular complexity index is 540. The van der Waals surface area contributed by atoms with Crippen LogP contribution in [0.4, 0.5) is 4.39 Å². The monoisotopic (exact) mass is 231 g/mol. The highest BCUT2D eigenvalue weighted by Crippen LogP contribution is 2.13. The zero-order valence-corrected chi connectivity index (χ0v) is 8.93. The topological polar surface area (TPSA) is 50.2 Å². The molecule has 4 heteroatoms. The van der Waals surface area contributed by atoms with Crippen molar-refractivity contribution in [3.05, 3.63) is 65.2 Å². The van der Waals surface area contributed by atoms with Gasteiger partial charge in [0.25, 0.3) is 0 Å². The summed E-state index contributed by atoms with van der Waals surface area (Å²) in [6.45, 7) is 0. The fourth-order valence-electron chi connectivity index (χ4n) is 1.61. The first-order valence-corrected chi connectivity index (χ1v) is 5.07. The summed E-state index contributed by atoms with van der Waals surface area (Å²) < 4.78 is 13.2. The van der Waals surface area contributed by atoms with Crippen molar-refractivity contribution in [1.82, 2.24) is 4.98 Å². The van der Waals surface area contributed by atoms with Crippen molar-refractivity contribution in [2.24, 2.45) is 0 Å². The van der Waals surface area contributed by atoms with E-state index in [1.165, 1.54) is 12.1 Å². The Morgan fingerprint density at radius 1 is 1.29 bits per heavy atom. The summed E-state index contributed by atoms with van der Waals surface area (Å²) >= 11 is 0. The first-order valence-electron chi connectivity index (χ1n) is 5.07. The van der Waals surface area contributed by atoms with Gasteiger partial charge in [-0.2, -0.15) is 0 Å². The van der Waals surface area contributed by atoms with Crippen LogP contribution in [0.5, 0.6) is 0 Å². The number of pyridine rings is 1. The molecular weight excluding hydrogens is 221 g/mol. The molecule has 0 radical (unpaired) electrons. The minimum atomic E-state index is -1.13. The molecule has 1 aromatic carbocycles. The molecule has 0 amide bonds. The smallest absolute Gasteiger partial charge is 0.335 e. The van der Waals surface area contributed by atoms with Crippen molar-refractivity contribution in [3.8, 4) is 0 Å². The zero-order chi connectivity index (χ0) is 12.3. The number of aromatic carboxylic acids is 1. The molecule has 0 saturated heterocycles.